The van der Waals surface area contributed by atoms with Crippen LogP contribution in [0.4, 0.5) is 0 Å². The van der Waals surface area contributed by atoms with Crippen LogP contribution in [0, 0.1) is 0 Å². The van der Waals surface area contributed by atoms with Crippen LogP contribution in [0.5, 0.6) is 0 Å². The Morgan fingerprint density at radius 2 is 1.76 bits per heavy atom. The highest BCUT2D eigenvalue weighted by molar-refractivity contribution is 4.79. The Hall–Kier alpha value is -0.120. The summed E-state index contributed by atoms with van der Waals surface area (Å²) in [4.78, 5) is 5.32. The van der Waals surface area contributed by atoms with Crippen molar-refractivity contribution < 1.29 is 0 Å². The summed E-state index contributed by atoms with van der Waals surface area (Å²) >= 11 is 0. The molecule has 2 aliphatic heterocycles. The van der Waals surface area contributed by atoms with Gasteiger partial charge in [0.25, 0.3) is 0 Å². The van der Waals surface area contributed by atoms with Gasteiger partial charge >= 0.3 is 0 Å². The Kier molecular flexibility index (Phi) is 5.26. The zero-order valence-corrected chi connectivity index (χ0v) is 11.4. The van der Waals surface area contributed by atoms with Gasteiger partial charge in [-0.3, -0.25) is 4.90 Å². The predicted octanol–water partition coefficient (Wildman–Crippen LogP) is 1.67. The molecule has 0 aromatic carbocycles. The summed E-state index contributed by atoms with van der Waals surface area (Å²) in [5.41, 5.74) is 5.94. The van der Waals surface area contributed by atoms with Crippen molar-refractivity contribution in [1.82, 2.24) is 9.80 Å². The van der Waals surface area contributed by atoms with Crippen LogP contribution >= 0.6 is 0 Å². The van der Waals surface area contributed by atoms with E-state index in [2.05, 4.69) is 16.7 Å². The van der Waals surface area contributed by atoms with Crippen molar-refractivity contribution in [3.05, 3.63) is 0 Å². The smallest absolute Gasteiger partial charge is 0.0112 e. The average molecular weight is 239 g/mol. The van der Waals surface area contributed by atoms with Crippen LogP contribution in [-0.4, -0.2) is 54.6 Å². The van der Waals surface area contributed by atoms with E-state index in [9.17, 15) is 0 Å². The number of likely N-dealkylation sites (tertiary alicyclic amines) is 2. The summed E-state index contributed by atoms with van der Waals surface area (Å²) in [7, 11) is 0. The first-order valence-corrected chi connectivity index (χ1v) is 7.51. The van der Waals surface area contributed by atoms with Gasteiger partial charge in [0, 0.05) is 25.2 Å². The molecule has 0 aliphatic carbocycles. The van der Waals surface area contributed by atoms with Gasteiger partial charge in [0.2, 0.25) is 0 Å². The lowest BCUT2D eigenvalue weighted by molar-refractivity contribution is 0.113. The Morgan fingerprint density at radius 1 is 1.00 bits per heavy atom. The van der Waals surface area contributed by atoms with Gasteiger partial charge in [0.1, 0.15) is 0 Å². The summed E-state index contributed by atoms with van der Waals surface area (Å²) in [5.74, 6) is 0. The number of rotatable bonds is 4. The molecule has 2 N–H and O–H groups in total. The zero-order chi connectivity index (χ0) is 12.1. The normalized spacial score (nSPS) is 29.6. The van der Waals surface area contributed by atoms with E-state index < -0.39 is 0 Å². The third kappa shape index (κ3) is 3.94. The van der Waals surface area contributed by atoms with Gasteiger partial charge in [-0.1, -0.05) is 13.3 Å². The second-order valence-electron chi connectivity index (χ2n) is 5.77. The van der Waals surface area contributed by atoms with Crippen LogP contribution in [0.1, 0.15) is 45.4 Å². The number of hydrogen-bond acceptors (Lipinski definition) is 3. The van der Waals surface area contributed by atoms with Crippen LogP contribution in [-0.2, 0) is 0 Å². The average Bonchev–Trinajstić information content (AvgIpc) is 2.38. The highest BCUT2D eigenvalue weighted by atomic mass is 15.2. The molecule has 2 heterocycles. The monoisotopic (exact) mass is 239 g/mol. The SMILES string of the molecule is CCC1CCCCN1CCN1CCC(N)CC1. The largest absolute Gasteiger partial charge is 0.328 e. The lowest BCUT2D eigenvalue weighted by atomic mass is 10.00. The molecule has 0 aromatic rings. The topological polar surface area (TPSA) is 32.5 Å². The fraction of sp³-hybridized carbons (Fsp3) is 1.00. The van der Waals surface area contributed by atoms with E-state index in [1.807, 2.05) is 0 Å². The number of hydrogen-bond donors (Lipinski definition) is 1. The molecular formula is C14H29N3. The van der Waals surface area contributed by atoms with E-state index in [0.717, 1.165) is 6.04 Å². The van der Waals surface area contributed by atoms with Gasteiger partial charge < -0.3 is 10.6 Å². The van der Waals surface area contributed by atoms with E-state index in [1.54, 1.807) is 0 Å². The summed E-state index contributed by atoms with van der Waals surface area (Å²) < 4.78 is 0. The van der Waals surface area contributed by atoms with Gasteiger partial charge in [0.15, 0.2) is 0 Å². The Labute approximate surface area is 106 Å². The van der Waals surface area contributed by atoms with Crippen LogP contribution < -0.4 is 5.73 Å². The van der Waals surface area contributed by atoms with Gasteiger partial charge in [-0.2, -0.15) is 0 Å². The molecule has 0 bridgehead atoms. The lowest BCUT2D eigenvalue weighted by Gasteiger charge is -2.37. The first-order chi connectivity index (χ1) is 8.29. The summed E-state index contributed by atoms with van der Waals surface area (Å²) in [5, 5.41) is 0. The van der Waals surface area contributed by atoms with Gasteiger partial charge in [-0.15, -0.1) is 0 Å². The van der Waals surface area contributed by atoms with Crippen LogP contribution in [0.25, 0.3) is 0 Å². The van der Waals surface area contributed by atoms with Crippen LogP contribution in [0.3, 0.4) is 0 Å². The molecule has 2 saturated heterocycles. The molecule has 3 heteroatoms. The highest BCUT2D eigenvalue weighted by Gasteiger charge is 2.22. The third-order valence-electron chi connectivity index (χ3n) is 4.56. The van der Waals surface area contributed by atoms with E-state index in [1.165, 1.54) is 71.2 Å². The summed E-state index contributed by atoms with van der Waals surface area (Å²) in [6.45, 7) is 8.61. The number of piperidine rings is 2. The Morgan fingerprint density at radius 3 is 2.47 bits per heavy atom. The molecule has 0 amide bonds. The summed E-state index contributed by atoms with van der Waals surface area (Å²) in [6.07, 6.45) is 7.97. The minimum absolute atomic E-state index is 0.463. The zero-order valence-electron chi connectivity index (χ0n) is 11.4. The maximum absolute atomic E-state index is 5.94. The summed E-state index contributed by atoms with van der Waals surface area (Å²) in [6, 6.07) is 1.32. The lowest BCUT2D eigenvalue weighted by Crippen LogP contribution is -2.46. The molecule has 100 valence electrons. The van der Waals surface area contributed by atoms with Crippen molar-refractivity contribution in [3.8, 4) is 0 Å². The molecule has 3 nitrogen and oxygen atoms in total. The molecule has 0 aromatic heterocycles. The van der Waals surface area contributed by atoms with Crippen molar-refractivity contribution >= 4 is 0 Å². The van der Waals surface area contributed by atoms with Crippen molar-refractivity contribution in [3.63, 3.8) is 0 Å². The molecule has 0 saturated carbocycles. The molecule has 17 heavy (non-hydrogen) atoms. The van der Waals surface area contributed by atoms with Crippen LogP contribution in [0.15, 0.2) is 0 Å². The van der Waals surface area contributed by atoms with E-state index in [4.69, 9.17) is 5.73 Å². The third-order valence-corrected chi connectivity index (χ3v) is 4.56. The predicted molar refractivity (Wildman–Crippen MR) is 73.2 cm³/mol. The number of nitrogens with zero attached hydrogens (tertiary/aromatic N) is 2. The van der Waals surface area contributed by atoms with Crippen LogP contribution in [0.2, 0.25) is 0 Å². The molecule has 2 rings (SSSR count). The van der Waals surface area contributed by atoms with Gasteiger partial charge in [0.05, 0.1) is 0 Å². The van der Waals surface area contributed by atoms with Gasteiger partial charge in [-0.05, 0) is 51.7 Å². The standard InChI is InChI=1S/C14H29N3/c1-2-14-5-3-4-8-17(14)12-11-16-9-6-13(15)7-10-16/h13-14H,2-12,15H2,1H3. The minimum Gasteiger partial charge on any atom is -0.328 e. The van der Waals surface area contributed by atoms with E-state index in [0.29, 0.717) is 6.04 Å². The Balaban J connectivity index is 1.69. The fourth-order valence-corrected chi connectivity index (χ4v) is 3.26. The molecule has 2 aliphatic rings. The molecule has 1 unspecified atom stereocenters. The quantitative estimate of drug-likeness (QED) is 0.810. The fourth-order valence-electron chi connectivity index (χ4n) is 3.26. The molecular weight excluding hydrogens is 210 g/mol. The maximum Gasteiger partial charge on any atom is 0.0112 e. The van der Waals surface area contributed by atoms with E-state index >= 15 is 0 Å². The second kappa shape index (κ2) is 6.72. The second-order valence-corrected chi connectivity index (χ2v) is 5.77. The Bertz CT molecular complexity index is 212. The van der Waals surface area contributed by atoms with Gasteiger partial charge in [-0.25, -0.2) is 0 Å². The molecule has 0 radical (unpaired) electrons. The molecule has 2 fully saturated rings. The maximum atomic E-state index is 5.94. The first-order valence-electron chi connectivity index (χ1n) is 7.51. The van der Waals surface area contributed by atoms with Crippen molar-refractivity contribution in [2.45, 2.75) is 57.5 Å². The first kappa shape index (κ1) is 13.3. The van der Waals surface area contributed by atoms with Crippen molar-refractivity contribution in [2.75, 3.05) is 32.7 Å². The molecule has 1 atom stereocenters. The molecule has 0 spiro atoms. The number of nitrogens with two attached hydrogens (primary N) is 1. The van der Waals surface area contributed by atoms with Crippen molar-refractivity contribution in [1.29, 1.82) is 0 Å². The highest BCUT2D eigenvalue weighted by Crippen LogP contribution is 2.19. The van der Waals surface area contributed by atoms with Crippen molar-refractivity contribution in [2.24, 2.45) is 5.73 Å². The van der Waals surface area contributed by atoms with E-state index in [-0.39, 0.29) is 0 Å². The minimum atomic E-state index is 0.463.